The molecular weight excluding hydrogens is 356 g/mol. The number of aromatic nitrogens is 2. The van der Waals surface area contributed by atoms with Crippen LogP contribution in [0.4, 0.5) is 11.6 Å². The molecule has 0 saturated carbocycles. The highest BCUT2D eigenvalue weighted by Gasteiger charge is 2.23. The first-order chi connectivity index (χ1) is 13.8. The summed E-state index contributed by atoms with van der Waals surface area (Å²) in [6.07, 6.45) is 1.52. The van der Waals surface area contributed by atoms with E-state index in [-0.39, 0.29) is 12.7 Å². The average Bonchev–Trinajstić information content (AvgIpc) is 2.77. The predicted octanol–water partition coefficient (Wildman–Crippen LogP) is 2.62. The lowest BCUT2D eigenvalue weighted by Gasteiger charge is -2.34. The number of aliphatic hydroxyl groups is 1. The van der Waals surface area contributed by atoms with Crippen LogP contribution in [0.3, 0.4) is 0 Å². The number of morpholine rings is 1. The molecule has 1 unspecified atom stereocenters. The first-order valence-corrected chi connectivity index (χ1v) is 9.38. The molecule has 1 aromatic heterocycles. The highest BCUT2D eigenvalue weighted by Crippen LogP contribution is 2.29. The first-order valence-electron chi connectivity index (χ1n) is 9.38. The molecule has 1 aliphatic rings. The van der Waals surface area contributed by atoms with E-state index in [0.29, 0.717) is 19.0 Å². The van der Waals surface area contributed by atoms with E-state index in [1.165, 1.54) is 0 Å². The van der Waals surface area contributed by atoms with E-state index in [1.807, 2.05) is 18.2 Å². The summed E-state index contributed by atoms with van der Waals surface area (Å²) in [7, 11) is 1.68. The van der Waals surface area contributed by atoms with Gasteiger partial charge in [-0.1, -0.05) is 18.2 Å². The predicted molar refractivity (Wildman–Crippen MR) is 109 cm³/mol. The van der Waals surface area contributed by atoms with Crippen molar-refractivity contribution in [2.24, 2.45) is 0 Å². The van der Waals surface area contributed by atoms with Crippen LogP contribution in [0.5, 0.6) is 5.75 Å². The summed E-state index contributed by atoms with van der Waals surface area (Å²) >= 11 is 0. The number of rotatable bonds is 6. The van der Waals surface area contributed by atoms with Crippen LogP contribution in [-0.4, -0.2) is 55.0 Å². The third-order valence-corrected chi connectivity index (χ3v) is 4.90. The maximum atomic E-state index is 8.97. The SMILES string of the molecule is COc1ccc2cc(C3CN(c4cc(NCCO)ncn4)CCO3)ccc2c1. The molecule has 0 bridgehead atoms. The second kappa shape index (κ2) is 8.41. The largest absolute Gasteiger partial charge is 0.497 e. The second-order valence-electron chi connectivity index (χ2n) is 6.69. The molecule has 146 valence electrons. The number of benzene rings is 2. The van der Waals surface area contributed by atoms with E-state index in [4.69, 9.17) is 14.6 Å². The Kier molecular flexibility index (Phi) is 5.55. The number of anilines is 2. The van der Waals surface area contributed by atoms with Gasteiger partial charge in [-0.25, -0.2) is 9.97 Å². The van der Waals surface area contributed by atoms with Crippen LogP contribution in [0.1, 0.15) is 11.7 Å². The van der Waals surface area contributed by atoms with Gasteiger partial charge < -0.3 is 24.8 Å². The molecule has 28 heavy (non-hydrogen) atoms. The van der Waals surface area contributed by atoms with Gasteiger partial charge in [0.1, 0.15) is 29.8 Å². The molecule has 3 aromatic rings. The van der Waals surface area contributed by atoms with Crippen LogP contribution in [0.25, 0.3) is 10.8 Å². The van der Waals surface area contributed by atoms with Gasteiger partial charge in [0.25, 0.3) is 0 Å². The van der Waals surface area contributed by atoms with Crippen molar-refractivity contribution < 1.29 is 14.6 Å². The average molecular weight is 380 g/mol. The standard InChI is InChI=1S/C21H24N4O3/c1-27-18-5-4-15-10-17(3-2-16(15)11-18)19-13-25(7-9-28-19)21-12-20(22-6-8-26)23-14-24-21/h2-5,10-12,14,19,26H,6-9,13H2,1H3,(H,22,23,24). The number of hydrogen-bond donors (Lipinski definition) is 2. The van der Waals surface area contributed by atoms with Crippen molar-refractivity contribution in [2.45, 2.75) is 6.10 Å². The molecular formula is C21H24N4O3. The molecule has 1 aliphatic heterocycles. The fourth-order valence-corrected chi connectivity index (χ4v) is 3.43. The van der Waals surface area contributed by atoms with Gasteiger partial charge in [-0.2, -0.15) is 0 Å². The van der Waals surface area contributed by atoms with E-state index >= 15 is 0 Å². The van der Waals surface area contributed by atoms with E-state index in [0.717, 1.165) is 41.0 Å². The Bertz CT molecular complexity index is 950. The van der Waals surface area contributed by atoms with E-state index in [2.05, 4.69) is 44.5 Å². The summed E-state index contributed by atoms with van der Waals surface area (Å²) in [5, 5.41) is 14.4. The smallest absolute Gasteiger partial charge is 0.134 e. The number of fused-ring (bicyclic) bond motifs is 1. The number of ether oxygens (including phenoxy) is 2. The Hall–Kier alpha value is -2.90. The van der Waals surface area contributed by atoms with E-state index in [1.54, 1.807) is 13.4 Å². The molecule has 0 aliphatic carbocycles. The molecule has 0 radical (unpaired) electrons. The van der Waals surface area contributed by atoms with E-state index in [9.17, 15) is 0 Å². The first kappa shape index (κ1) is 18.5. The Labute approximate surface area is 163 Å². The van der Waals surface area contributed by atoms with Crippen molar-refractivity contribution in [1.29, 1.82) is 0 Å². The van der Waals surface area contributed by atoms with Gasteiger partial charge in [0.05, 0.1) is 20.3 Å². The summed E-state index contributed by atoms with van der Waals surface area (Å²) in [5.41, 5.74) is 1.15. The van der Waals surface area contributed by atoms with Gasteiger partial charge in [-0.15, -0.1) is 0 Å². The van der Waals surface area contributed by atoms with Crippen LogP contribution in [-0.2, 0) is 4.74 Å². The monoisotopic (exact) mass is 380 g/mol. The van der Waals surface area contributed by atoms with Gasteiger partial charge in [-0.3, -0.25) is 0 Å². The van der Waals surface area contributed by atoms with Crippen LogP contribution in [0, 0.1) is 0 Å². The summed E-state index contributed by atoms with van der Waals surface area (Å²) in [6, 6.07) is 14.4. The van der Waals surface area contributed by atoms with Crippen molar-refractivity contribution in [1.82, 2.24) is 9.97 Å². The number of nitrogens with zero attached hydrogens (tertiary/aromatic N) is 3. The summed E-state index contributed by atoms with van der Waals surface area (Å²) in [4.78, 5) is 10.8. The van der Waals surface area contributed by atoms with Crippen LogP contribution in [0.2, 0.25) is 0 Å². The lowest BCUT2D eigenvalue weighted by atomic mass is 10.0. The van der Waals surface area contributed by atoms with Crippen molar-refractivity contribution in [3.8, 4) is 5.75 Å². The van der Waals surface area contributed by atoms with Crippen LogP contribution >= 0.6 is 0 Å². The zero-order valence-electron chi connectivity index (χ0n) is 15.8. The molecule has 2 N–H and O–H groups in total. The minimum absolute atomic E-state index is 0.0240. The lowest BCUT2D eigenvalue weighted by Crippen LogP contribution is -2.38. The zero-order valence-corrected chi connectivity index (χ0v) is 15.8. The van der Waals surface area contributed by atoms with Crippen molar-refractivity contribution >= 4 is 22.4 Å². The molecule has 4 rings (SSSR count). The molecule has 1 fully saturated rings. The molecule has 0 spiro atoms. The molecule has 1 atom stereocenters. The Morgan fingerprint density at radius 3 is 2.89 bits per heavy atom. The fourth-order valence-electron chi connectivity index (χ4n) is 3.43. The molecule has 7 nitrogen and oxygen atoms in total. The summed E-state index contributed by atoms with van der Waals surface area (Å²) in [5.74, 6) is 2.42. The van der Waals surface area contributed by atoms with Gasteiger partial charge in [-0.05, 0) is 34.5 Å². The molecule has 1 saturated heterocycles. The second-order valence-corrected chi connectivity index (χ2v) is 6.69. The third kappa shape index (κ3) is 4.00. The summed E-state index contributed by atoms with van der Waals surface area (Å²) < 4.78 is 11.3. The number of aliphatic hydroxyl groups excluding tert-OH is 1. The minimum Gasteiger partial charge on any atom is -0.497 e. The maximum absolute atomic E-state index is 8.97. The molecule has 2 aromatic carbocycles. The van der Waals surface area contributed by atoms with Gasteiger partial charge >= 0.3 is 0 Å². The maximum Gasteiger partial charge on any atom is 0.134 e. The van der Waals surface area contributed by atoms with E-state index < -0.39 is 0 Å². The van der Waals surface area contributed by atoms with Crippen LogP contribution in [0.15, 0.2) is 48.8 Å². The topological polar surface area (TPSA) is 79.7 Å². The number of methoxy groups -OCH3 is 1. The van der Waals surface area contributed by atoms with Crippen LogP contribution < -0.4 is 15.0 Å². The summed E-state index contributed by atoms with van der Waals surface area (Å²) in [6.45, 7) is 2.65. The highest BCUT2D eigenvalue weighted by atomic mass is 16.5. The van der Waals surface area contributed by atoms with Crippen molar-refractivity contribution in [2.75, 3.05) is 50.2 Å². The molecule has 7 heteroatoms. The van der Waals surface area contributed by atoms with Gasteiger partial charge in [0.2, 0.25) is 0 Å². The number of hydrogen-bond acceptors (Lipinski definition) is 7. The third-order valence-electron chi connectivity index (χ3n) is 4.90. The fraction of sp³-hybridized carbons (Fsp3) is 0.333. The zero-order chi connectivity index (χ0) is 19.3. The van der Waals surface area contributed by atoms with Crippen molar-refractivity contribution in [3.63, 3.8) is 0 Å². The quantitative estimate of drug-likeness (QED) is 0.680. The minimum atomic E-state index is -0.0240. The lowest BCUT2D eigenvalue weighted by molar-refractivity contribution is 0.0396. The van der Waals surface area contributed by atoms with Gasteiger partial charge in [0.15, 0.2) is 0 Å². The Morgan fingerprint density at radius 2 is 2.04 bits per heavy atom. The normalized spacial score (nSPS) is 16.9. The molecule has 2 heterocycles. The number of nitrogens with one attached hydrogen (secondary N) is 1. The Balaban J connectivity index is 1.53. The Morgan fingerprint density at radius 1 is 1.18 bits per heavy atom. The highest BCUT2D eigenvalue weighted by molar-refractivity contribution is 5.84. The van der Waals surface area contributed by atoms with Gasteiger partial charge in [0, 0.05) is 25.7 Å². The molecule has 0 amide bonds. The van der Waals surface area contributed by atoms with Crippen molar-refractivity contribution in [3.05, 3.63) is 54.4 Å².